The van der Waals surface area contributed by atoms with Crippen molar-refractivity contribution in [3.8, 4) is 5.75 Å². The monoisotopic (exact) mass is 279 g/mol. The van der Waals surface area contributed by atoms with Gasteiger partial charge in [0.05, 0.1) is 7.11 Å². The quantitative estimate of drug-likeness (QED) is 0.714. The van der Waals surface area contributed by atoms with Crippen molar-refractivity contribution in [2.24, 2.45) is 0 Å². The van der Waals surface area contributed by atoms with E-state index in [0.717, 1.165) is 5.56 Å². The van der Waals surface area contributed by atoms with E-state index in [1.807, 2.05) is 31.2 Å². The third kappa shape index (κ3) is 5.30. The lowest BCUT2D eigenvalue weighted by Gasteiger charge is -2.17. The molecule has 0 aliphatic rings. The Labute approximate surface area is 119 Å². The summed E-state index contributed by atoms with van der Waals surface area (Å²) in [6.07, 6.45) is 0.895. The maximum atomic E-state index is 11.9. The summed E-state index contributed by atoms with van der Waals surface area (Å²) >= 11 is 0. The Bertz CT molecular complexity index is 459. The molecule has 0 heterocycles. The molecule has 0 aliphatic carbocycles. The van der Waals surface area contributed by atoms with E-state index in [2.05, 4.69) is 4.74 Å². The molecule has 0 atom stereocenters. The van der Waals surface area contributed by atoms with E-state index in [-0.39, 0.29) is 18.5 Å². The second-order valence-electron chi connectivity index (χ2n) is 4.55. The molecule has 1 aromatic rings. The fourth-order valence-corrected chi connectivity index (χ4v) is 1.66. The van der Waals surface area contributed by atoms with Crippen molar-refractivity contribution < 1.29 is 19.1 Å². The van der Waals surface area contributed by atoms with Crippen LogP contribution in [0.2, 0.25) is 0 Å². The van der Waals surface area contributed by atoms with E-state index in [1.54, 1.807) is 11.9 Å². The second-order valence-corrected chi connectivity index (χ2v) is 4.55. The Kier molecular flexibility index (Phi) is 6.56. The maximum absolute atomic E-state index is 11.9. The SMILES string of the molecule is COC(=O)CCCN(C)C(=O)COc1ccccc1C. The summed E-state index contributed by atoms with van der Waals surface area (Å²) in [7, 11) is 3.05. The van der Waals surface area contributed by atoms with Crippen molar-refractivity contribution in [1.29, 1.82) is 0 Å². The van der Waals surface area contributed by atoms with Crippen molar-refractivity contribution >= 4 is 11.9 Å². The first-order valence-electron chi connectivity index (χ1n) is 6.53. The van der Waals surface area contributed by atoms with Gasteiger partial charge in [-0.15, -0.1) is 0 Å². The molecule has 0 saturated heterocycles. The molecule has 0 spiro atoms. The number of aryl methyl sites for hydroxylation is 1. The Hall–Kier alpha value is -2.04. The summed E-state index contributed by atoms with van der Waals surface area (Å²) in [6.45, 7) is 2.44. The maximum Gasteiger partial charge on any atom is 0.305 e. The lowest BCUT2D eigenvalue weighted by atomic mass is 10.2. The van der Waals surface area contributed by atoms with Crippen LogP contribution in [0, 0.1) is 6.92 Å². The highest BCUT2D eigenvalue weighted by molar-refractivity contribution is 5.77. The van der Waals surface area contributed by atoms with E-state index in [1.165, 1.54) is 7.11 Å². The van der Waals surface area contributed by atoms with Gasteiger partial charge in [-0.25, -0.2) is 0 Å². The van der Waals surface area contributed by atoms with Crippen molar-refractivity contribution in [3.63, 3.8) is 0 Å². The van der Waals surface area contributed by atoms with Gasteiger partial charge in [0, 0.05) is 20.0 Å². The number of hydrogen-bond donors (Lipinski definition) is 0. The van der Waals surface area contributed by atoms with Crippen LogP contribution in [0.15, 0.2) is 24.3 Å². The largest absolute Gasteiger partial charge is 0.484 e. The Morgan fingerprint density at radius 3 is 2.60 bits per heavy atom. The van der Waals surface area contributed by atoms with Crippen LogP contribution < -0.4 is 4.74 Å². The standard InChI is InChI=1S/C15H21NO4/c1-12-7-4-5-8-13(12)20-11-14(17)16(2)10-6-9-15(18)19-3/h4-5,7-8H,6,9-11H2,1-3H3. The number of rotatable bonds is 7. The van der Waals surface area contributed by atoms with Crippen LogP contribution >= 0.6 is 0 Å². The average molecular weight is 279 g/mol. The molecular formula is C15H21NO4. The molecule has 1 rings (SSSR count). The number of carbonyl (C=O) groups excluding carboxylic acids is 2. The first-order valence-corrected chi connectivity index (χ1v) is 6.53. The zero-order valence-electron chi connectivity index (χ0n) is 12.2. The predicted octanol–water partition coefficient (Wildman–Crippen LogP) is 1.79. The van der Waals surface area contributed by atoms with Gasteiger partial charge in [0.25, 0.3) is 5.91 Å². The number of methoxy groups -OCH3 is 1. The number of amides is 1. The molecule has 5 nitrogen and oxygen atoms in total. The van der Waals surface area contributed by atoms with E-state index in [9.17, 15) is 9.59 Å². The molecule has 0 aromatic heterocycles. The first kappa shape index (κ1) is 16.0. The van der Waals surface area contributed by atoms with Crippen molar-refractivity contribution in [1.82, 2.24) is 4.90 Å². The lowest BCUT2D eigenvalue weighted by Crippen LogP contribution is -2.32. The minimum absolute atomic E-state index is 0.000419. The van der Waals surface area contributed by atoms with Crippen LogP contribution in [0.5, 0.6) is 5.75 Å². The number of para-hydroxylation sites is 1. The molecule has 0 N–H and O–H groups in total. The summed E-state index contributed by atoms with van der Waals surface area (Å²) in [5, 5.41) is 0. The van der Waals surface area contributed by atoms with E-state index >= 15 is 0 Å². The van der Waals surface area contributed by atoms with Crippen LogP contribution in [-0.2, 0) is 14.3 Å². The van der Waals surface area contributed by atoms with Crippen LogP contribution in [-0.4, -0.2) is 44.1 Å². The number of esters is 1. The van der Waals surface area contributed by atoms with E-state index in [0.29, 0.717) is 25.1 Å². The number of nitrogens with zero attached hydrogens (tertiary/aromatic N) is 1. The highest BCUT2D eigenvalue weighted by atomic mass is 16.5. The van der Waals surface area contributed by atoms with Gasteiger partial charge < -0.3 is 14.4 Å². The van der Waals surface area contributed by atoms with Crippen molar-refractivity contribution in [3.05, 3.63) is 29.8 Å². The minimum atomic E-state index is -0.262. The minimum Gasteiger partial charge on any atom is -0.484 e. The van der Waals surface area contributed by atoms with Crippen molar-refractivity contribution in [2.45, 2.75) is 19.8 Å². The highest BCUT2D eigenvalue weighted by Crippen LogP contribution is 2.15. The van der Waals surface area contributed by atoms with Crippen LogP contribution in [0.3, 0.4) is 0 Å². The fourth-order valence-electron chi connectivity index (χ4n) is 1.66. The summed E-state index contributed by atoms with van der Waals surface area (Å²) in [5.41, 5.74) is 0.994. The molecule has 0 fully saturated rings. The third-order valence-corrected chi connectivity index (χ3v) is 2.97. The topological polar surface area (TPSA) is 55.8 Å². The lowest BCUT2D eigenvalue weighted by molar-refractivity contribution is -0.141. The number of likely N-dealkylation sites (N-methyl/N-ethyl adjacent to an activating group) is 1. The Morgan fingerprint density at radius 1 is 1.25 bits per heavy atom. The molecule has 0 saturated carbocycles. The van der Waals surface area contributed by atoms with Gasteiger partial charge >= 0.3 is 5.97 Å². The Balaban J connectivity index is 2.31. The molecule has 110 valence electrons. The van der Waals surface area contributed by atoms with Crippen LogP contribution in [0.4, 0.5) is 0 Å². The molecule has 0 radical (unpaired) electrons. The summed E-state index contributed by atoms with van der Waals surface area (Å²) in [5.74, 6) is 0.337. The molecular weight excluding hydrogens is 258 g/mol. The normalized spacial score (nSPS) is 9.95. The van der Waals surface area contributed by atoms with E-state index < -0.39 is 0 Å². The van der Waals surface area contributed by atoms with Gasteiger partial charge in [-0.05, 0) is 25.0 Å². The average Bonchev–Trinajstić information content (AvgIpc) is 2.45. The Morgan fingerprint density at radius 2 is 1.95 bits per heavy atom. The second kappa shape index (κ2) is 8.19. The number of benzene rings is 1. The smallest absolute Gasteiger partial charge is 0.305 e. The number of ether oxygens (including phenoxy) is 2. The molecule has 5 heteroatoms. The van der Waals surface area contributed by atoms with Crippen molar-refractivity contribution in [2.75, 3.05) is 27.3 Å². The van der Waals surface area contributed by atoms with Crippen LogP contribution in [0.25, 0.3) is 0 Å². The zero-order chi connectivity index (χ0) is 15.0. The zero-order valence-corrected chi connectivity index (χ0v) is 12.2. The van der Waals surface area contributed by atoms with E-state index in [4.69, 9.17) is 4.74 Å². The van der Waals surface area contributed by atoms with Gasteiger partial charge in [0.1, 0.15) is 5.75 Å². The molecule has 1 amide bonds. The third-order valence-electron chi connectivity index (χ3n) is 2.97. The molecule has 0 bridgehead atoms. The summed E-state index contributed by atoms with van der Waals surface area (Å²) in [4.78, 5) is 24.4. The summed E-state index contributed by atoms with van der Waals surface area (Å²) < 4.78 is 10.0. The predicted molar refractivity (Wildman–Crippen MR) is 75.6 cm³/mol. The molecule has 20 heavy (non-hydrogen) atoms. The number of carbonyl (C=O) groups is 2. The van der Waals surface area contributed by atoms with Gasteiger partial charge in [-0.2, -0.15) is 0 Å². The first-order chi connectivity index (χ1) is 9.54. The molecule has 1 aromatic carbocycles. The van der Waals surface area contributed by atoms with Gasteiger partial charge in [0.15, 0.2) is 6.61 Å². The van der Waals surface area contributed by atoms with Gasteiger partial charge in [-0.3, -0.25) is 9.59 Å². The summed E-state index contributed by atoms with van der Waals surface area (Å²) in [6, 6.07) is 7.55. The fraction of sp³-hybridized carbons (Fsp3) is 0.467. The van der Waals surface area contributed by atoms with Gasteiger partial charge in [0.2, 0.25) is 0 Å². The number of hydrogen-bond acceptors (Lipinski definition) is 4. The highest BCUT2D eigenvalue weighted by Gasteiger charge is 2.11. The van der Waals surface area contributed by atoms with Crippen LogP contribution in [0.1, 0.15) is 18.4 Å². The van der Waals surface area contributed by atoms with Gasteiger partial charge in [-0.1, -0.05) is 18.2 Å². The molecule has 0 aliphatic heterocycles. The molecule has 0 unspecified atom stereocenters.